The zero-order valence-corrected chi connectivity index (χ0v) is 18.0. The van der Waals surface area contributed by atoms with Crippen molar-refractivity contribution in [3.8, 4) is 0 Å². The van der Waals surface area contributed by atoms with E-state index < -0.39 is 32.5 Å². The second kappa shape index (κ2) is 7.29. The molecule has 0 radical (unpaired) electrons. The summed E-state index contributed by atoms with van der Waals surface area (Å²) in [5, 5.41) is 8.96. The molecular formula is C7H2Cl12O2. The Balaban J connectivity index is 6.15. The molecule has 2 nitrogen and oxygen atoms in total. The van der Waals surface area contributed by atoms with Gasteiger partial charge in [0.25, 0.3) is 0 Å². The van der Waals surface area contributed by atoms with Gasteiger partial charge in [-0.3, -0.25) is 0 Å². The molecule has 126 valence electrons. The van der Waals surface area contributed by atoms with Crippen molar-refractivity contribution in [3.05, 3.63) is 0 Å². The van der Waals surface area contributed by atoms with E-state index in [1.54, 1.807) is 0 Å². The average Bonchev–Trinajstić information content (AvgIpc) is 2.27. The second-order valence-corrected chi connectivity index (χ2v) is 11.3. The van der Waals surface area contributed by atoms with Crippen LogP contribution in [0.4, 0.5) is 0 Å². The molecule has 0 heterocycles. The number of alkyl halides is 12. The molecule has 0 aromatic heterocycles. The van der Waals surface area contributed by atoms with Crippen LogP contribution in [0, 0.1) is 0 Å². The van der Waals surface area contributed by atoms with Crippen LogP contribution in [0.1, 0.15) is 0 Å². The monoisotopic (exact) mass is 538 g/mol. The first-order valence-corrected chi connectivity index (χ1v) is 8.95. The van der Waals surface area contributed by atoms with Crippen LogP contribution in [0.3, 0.4) is 0 Å². The van der Waals surface area contributed by atoms with E-state index in [4.69, 9.17) is 144 Å². The number of hydrogen-bond acceptors (Lipinski definition) is 1. The van der Waals surface area contributed by atoms with Crippen LogP contribution in [-0.4, -0.2) is 37.6 Å². The van der Waals surface area contributed by atoms with E-state index in [-0.39, 0.29) is 0 Å². The lowest BCUT2D eigenvalue weighted by Crippen LogP contribution is -2.65. The van der Waals surface area contributed by atoms with Gasteiger partial charge >= 0.3 is 5.97 Å². The molecule has 0 saturated carbocycles. The maximum atomic E-state index is 11.1. The van der Waals surface area contributed by atoms with Crippen molar-refractivity contribution in [1.82, 2.24) is 0 Å². The van der Waals surface area contributed by atoms with Crippen LogP contribution in [0.25, 0.3) is 0 Å². The number of carbonyl (C=O) groups is 1. The van der Waals surface area contributed by atoms with Gasteiger partial charge in [-0.2, -0.15) is 0 Å². The summed E-state index contributed by atoms with van der Waals surface area (Å²) < 4.78 is -13.9. The van der Waals surface area contributed by atoms with Crippen LogP contribution in [0.15, 0.2) is 0 Å². The molecule has 14 heteroatoms. The number of carboxylic acids is 1. The van der Waals surface area contributed by atoms with Gasteiger partial charge in [0.1, 0.15) is 4.84 Å². The van der Waals surface area contributed by atoms with Crippen LogP contribution in [-0.2, 0) is 4.79 Å². The summed E-state index contributed by atoms with van der Waals surface area (Å²) in [4.78, 5) is 9.43. The molecule has 0 fully saturated rings. The lowest BCUT2D eigenvalue weighted by Gasteiger charge is -2.48. The Kier molecular flexibility index (Phi) is 8.31. The van der Waals surface area contributed by atoms with E-state index in [2.05, 4.69) is 0 Å². The van der Waals surface area contributed by atoms with Crippen molar-refractivity contribution in [2.75, 3.05) is 0 Å². The summed E-state index contributed by atoms with van der Waals surface area (Å²) in [6.45, 7) is 0. The zero-order chi connectivity index (χ0) is 17.7. The van der Waals surface area contributed by atoms with Crippen molar-refractivity contribution in [2.24, 2.45) is 0 Å². The fourth-order valence-corrected chi connectivity index (χ4v) is 4.10. The van der Waals surface area contributed by atoms with E-state index in [1.807, 2.05) is 0 Å². The van der Waals surface area contributed by atoms with Gasteiger partial charge < -0.3 is 5.11 Å². The summed E-state index contributed by atoms with van der Waals surface area (Å²) in [6.07, 6.45) is 0. The van der Waals surface area contributed by atoms with E-state index in [9.17, 15) is 4.79 Å². The molecule has 0 spiro atoms. The highest BCUT2D eigenvalue weighted by Gasteiger charge is 2.76. The van der Waals surface area contributed by atoms with Crippen LogP contribution in [0.2, 0.25) is 0 Å². The van der Waals surface area contributed by atoms with Gasteiger partial charge in [0.05, 0.1) is 0 Å². The Hall–Kier alpha value is 2.95. The minimum atomic E-state index is -2.95. The predicted molar refractivity (Wildman–Crippen MR) is 95.3 cm³/mol. The minimum Gasteiger partial charge on any atom is -0.479 e. The molecule has 21 heavy (non-hydrogen) atoms. The Morgan fingerprint density at radius 2 is 1.05 bits per heavy atom. The molecule has 0 atom stereocenters. The summed E-state index contributed by atoms with van der Waals surface area (Å²) >= 11 is 68.9. The second-order valence-electron chi connectivity index (χ2n) is 3.53. The van der Waals surface area contributed by atoms with Gasteiger partial charge in [-0.15, -0.1) is 23.2 Å². The minimum absolute atomic E-state index is 1.64. The molecule has 0 unspecified atom stereocenters. The maximum Gasteiger partial charge on any atom is 0.343 e. The molecule has 0 aliphatic rings. The first-order valence-electron chi connectivity index (χ1n) is 4.29. The topological polar surface area (TPSA) is 37.3 Å². The molecule has 0 saturated heterocycles. The molecule has 1 N–H and O–H groups in total. The molecule has 0 aliphatic heterocycles. The first kappa shape index (κ1) is 23.9. The van der Waals surface area contributed by atoms with Crippen molar-refractivity contribution in [1.29, 1.82) is 0 Å². The van der Waals surface area contributed by atoms with Crippen molar-refractivity contribution >= 4 is 145 Å². The highest BCUT2D eigenvalue weighted by molar-refractivity contribution is 6.79. The standard InChI is InChI=1S/C7H2Cl12O2/c8-1(9)3(10,11)5(14,15)7(18,19)6(16,17)4(12,13)2(20)21/h1H,(H,20,21). The number of halogens is 12. The van der Waals surface area contributed by atoms with Gasteiger partial charge in [-0.1, -0.05) is 116 Å². The van der Waals surface area contributed by atoms with Crippen LogP contribution >= 0.6 is 139 Å². The fraction of sp³-hybridized carbons (Fsp3) is 0.857. The number of rotatable bonds is 6. The molecular weight excluding hydrogens is 542 g/mol. The van der Waals surface area contributed by atoms with E-state index in [0.717, 1.165) is 0 Å². The summed E-state index contributed by atoms with van der Waals surface area (Å²) in [6, 6.07) is 0. The summed E-state index contributed by atoms with van der Waals surface area (Å²) in [7, 11) is 0. The smallest absolute Gasteiger partial charge is 0.343 e. The van der Waals surface area contributed by atoms with Crippen molar-refractivity contribution in [2.45, 2.75) is 26.5 Å². The quantitative estimate of drug-likeness (QED) is 0.377. The third kappa shape index (κ3) is 3.88. The highest BCUT2D eigenvalue weighted by Crippen LogP contribution is 2.66. The lowest BCUT2D eigenvalue weighted by molar-refractivity contribution is -0.138. The molecule has 0 rings (SSSR count). The Morgan fingerprint density at radius 3 is 1.29 bits per heavy atom. The van der Waals surface area contributed by atoms with Gasteiger partial charge in [0.2, 0.25) is 4.33 Å². The fourth-order valence-electron chi connectivity index (χ4n) is 0.875. The van der Waals surface area contributed by atoms with Crippen LogP contribution < -0.4 is 0 Å². The third-order valence-corrected chi connectivity index (χ3v) is 10.1. The van der Waals surface area contributed by atoms with Crippen molar-refractivity contribution in [3.63, 3.8) is 0 Å². The largest absolute Gasteiger partial charge is 0.479 e. The molecule has 0 amide bonds. The van der Waals surface area contributed by atoms with E-state index in [1.165, 1.54) is 0 Å². The predicted octanol–water partition coefficient (Wildman–Crippen LogP) is 6.74. The first-order chi connectivity index (χ1) is 8.89. The molecule has 0 aromatic carbocycles. The average molecular weight is 544 g/mol. The van der Waals surface area contributed by atoms with Gasteiger partial charge in [0.15, 0.2) is 17.3 Å². The molecule has 0 aromatic rings. The molecule has 0 aliphatic carbocycles. The molecule has 0 bridgehead atoms. The third-order valence-electron chi connectivity index (χ3n) is 2.14. The normalized spacial score (nSPS) is 15.5. The number of carboxylic acid groups (broad SMARTS) is 1. The number of aliphatic carboxylic acids is 1. The summed E-state index contributed by atoms with van der Waals surface area (Å²) in [5.41, 5.74) is 0. The van der Waals surface area contributed by atoms with Crippen LogP contribution in [0.5, 0.6) is 0 Å². The van der Waals surface area contributed by atoms with Gasteiger partial charge in [-0.05, 0) is 0 Å². The van der Waals surface area contributed by atoms with Gasteiger partial charge in [-0.25, -0.2) is 4.79 Å². The zero-order valence-electron chi connectivity index (χ0n) is 8.97. The Bertz CT molecular complexity index is 414. The maximum absolute atomic E-state index is 11.1. The number of hydrogen-bond donors (Lipinski definition) is 1. The van der Waals surface area contributed by atoms with E-state index in [0.29, 0.717) is 0 Å². The van der Waals surface area contributed by atoms with Gasteiger partial charge in [0, 0.05) is 0 Å². The lowest BCUT2D eigenvalue weighted by atomic mass is 10.1. The van der Waals surface area contributed by atoms with Crippen molar-refractivity contribution < 1.29 is 9.90 Å². The summed E-state index contributed by atoms with van der Waals surface area (Å²) in [5.74, 6) is -1.89. The highest BCUT2D eigenvalue weighted by atomic mass is 35.6. The Morgan fingerprint density at radius 1 is 0.714 bits per heavy atom. The SMILES string of the molecule is O=C(O)C(Cl)(Cl)C(Cl)(Cl)C(Cl)(Cl)C(Cl)(Cl)C(Cl)(Cl)C(Cl)Cl. The Labute approximate surface area is 180 Å². The van der Waals surface area contributed by atoms with E-state index >= 15 is 0 Å².